The lowest BCUT2D eigenvalue weighted by Gasteiger charge is -2.16. The van der Waals surface area contributed by atoms with E-state index in [0.29, 0.717) is 44.6 Å². The average molecular weight is 595 g/mol. The maximum absolute atomic E-state index is 15.0. The summed E-state index contributed by atoms with van der Waals surface area (Å²) in [6, 6.07) is 15.7. The Bertz CT molecular complexity index is 1560. The lowest BCUT2D eigenvalue weighted by atomic mass is 9.91. The Hall–Kier alpha value is -3.39. The highest BCUT2D eigenvalue weighted by Crippen LogP contribution is 2.49. The fourth-order valence-corrected chi connectivity index (χ4v) is 6.64. The van der Waals surface area contributed by atoms with E-state index < -0.39 is 9.84 Å². The van der Waals surface area contributed by atoms with E-state index in [2.05, 4.69) is 19.1 Å². The first kappa shape index (κ1) is 30.1. The molecule has 0 radical (unpaired) electrons. The van der Waals surface area contributed by atoms with E-state index >= 15 is 0 Å². The zero-order chi connectivity index (χ0) is 29.9. The number of rotatable bonds is 12. The molecule has 2 atom stereocenters. The molecule has 0 N–H and O–H groups in total. The Morgan fingerprint density at radius 3 is 2.55 bits per heavy atom. The maximum Gasteiger partial charge on any atom is 0.309 e. The number of carbonyl (C=O) groups is 1. The Labute approximate surface area is 248 Å². The van der Waals surface area contributed by atoms with Gasteiger partial charge >= 0.3 is 5.97 Å². The zero-order valence-corrected chi connectivity index (χ0v) is 25.4. The fraction of sp³-hybridized carbons (Fsp3) is 0.441. The van der Waals surface area contributed by atoms with Crippen LogP contribution < -0.4 is 9.47 Å². The number of benzene rings is 3. The molecule has 6 nitrogen and oxygen atoms in total. The van der Waals surface area contributed by atoms with Crippen molar-refractivity contribution in [1.29, 1.82) is 0 Å². The van der Waals surface area contributed by atoms with Gasteiger partial charge in [-0.2, -0.15) is 0 Å². The van der Waals surface area contributed by atoms with Crippen LogP contribution >= 0.6 is 0 Å². The van der Waals surface area contributed by atoms with Gasteiger partial charge in [0.05, 0.1) is 31.5 Å². The standard InChI is InChI=1S/C34H39FO6S/c1-4-39-34(36)29-21-28(29)27-11-9-24(19-31(27)35)8-7-23-10-12-32-30(18-23)33-22(3)17-26(20-25(33)13-15-41-32)40-14-6-16-42(37,38)5-2/h9-12,17-20,28-29H,4-8,13-16,21H2,1-3H3/t28-,29+/m1/s1. The van der Waals surface area contributed by atoms with Gasteiger partial charge in [-0.25, -0.2) is 12.8 Å². The summed E-state index contributed by atoms with van der Waals surface area (Å²) >= 11 is 0. The van der Waals surface area contributed by atoms with Crippen LogP contribution in [-0.4, -0.2) is 45.7 Å². The summed E-state index contributed by atoms with van der Waals surface area (Å²) in [5.41, 5.74) is 7.05. The zero-order valence-electron chi connectivity index (χ0n) is 24.6. The van der Waals surface area contributed by atoms with Crippen molar-refractivity contribution in [2.75, 3.05) is 31.3 Å². The predicted molar refractivity (Wildman–Crippen MR) is 162 cm³/mol. The molecule has 224 valence electrons. The van der Waals surface area contributed by atoms with E-state index in [1.54, 1.807) is 19.9 Å². The summed E-state index contributed by atoms with van der Waals surface area (Å²) in [6.45, 7) is 6.75. The van der Waals surface area contributed by atoms with Crippen LogP contribution in [0.3, 0.4) is 0 Å². The first-order chi connectivity index (χ1) is 20.2. The first-order valence-electron chi connectivity index (χ1n) is 14.9. The van der Waals surface area contributed by atoms with Crippen LogP contribution in [0.5, 0.6) is 11.5 Å². The van der Waals surface area contributed by atoms with Gasteiger partial charge in [0, 0.05) is 23.7 Å². The summed E-state index contributed by atoms with van der Waals surface area (Å²) in [5.74, 6) is 1.05. The molecule has 0 aromatic heterocycles. The van der Waals surface area contributed by atoms with Gasteiger partial charge in [0.2, 0.25) is 0 Å². The topological polar surface area (TPSA) is 78.9 Å². The van der Waals surface area contributed by atoms with Crippen molar-refractivity contribution >= 4 is 15.8 Å². The summed E-state index contributed by atoms with van der Waals surface area (Å²) in [4.78, 5) is 12.0. The Morgan fingerprint density at radius 2 is 1.81 bits per heavy atom. The summed E-state index contributed by atoms with van der Waals surface area (Å²) < 4.78 is 55.6. The second-order valence-corrected chi connectivity index (χ2v) is 13.7. The monoisotopic (exact) mass is 594 g/mol. The van der Waals surface area contributed by atoms with E-state index in [1.807, 2.05) is 30.3 Å². The Morgan fingerprint density at radius 1 is 1.05 bits per heavy atom. The molecule has 3 aromatic rings. The number of sulfone groups is 1. The molecule has 1 aliphatic carbocycles. The average Bonchev–Trinajstić information content (AvgIpc) is 3.78. The van der Waals surface area contributed by atoms with E-state index in [9.17, 15) is 17.6 Å². The quantitative estimate of drug-likeness (QED) is 0.179. The molecule has 0 bridgehead atoms. The van der Waals surface area contributed by atoms with Gasteiger partial charge in [0.1, 0.15) is 27.2 Å². The number of esters is 1. The summed E-state index contributed by atoms with van der Waals surface area (Å²) in [5, 5.41) is 0. The van der Waals surface area contributed by atoms with Crippen LogP contribution in [0, 0.1) is 18.7 Å². The minimum atomic E-state index is -3.00. The minimum absolute atomic E-state index is 0.0888. The van der Waals surface area contributed by atoms with Crippen molar-refractivity contribution in [2.24, 2.45) is 5.92 Å². The molecule has 5 rings (SSSR count). The summed E-state index contributed by atoms with van der Waals surface area (Å²) in [7, 11) is -3.00. The largest absolute Gasteiger partial charge is 0.494 e. The van der Waals surface area contributed by atoms with E-state index in [4.69, 9.17) is 14.2 Å². The van der Waals surface area contributed by atoms with Crippen molar-refractivity contribution in [3.63, 3.8) is 0 Å². The molecule has 2 aliphatic rings. The Balaban J connectivity index is 1.26. The number of carbonyl (C=O) groups excluding carboxylic acids is 1. The van der Waals surface area contributed by atoms with Crippen molar-refractivity contribution in [1.82, 2.24) is 0 Å². The third kappa shape index (κ3) is 6.97. The Kier molecular flexibility index (Phi) is 9.21. The number of hydrogen-bond acceptors (Lipinski definition) is 6. The van der Waals surface area contributed by atoms with Gasteiger partial charge < -0.3 is 14.2 Å². The molecule has 0 amide bonds. The van der Waals surface area contributed by atoms with Gasteiger partial charge in [0.15, 0.2) is 0 Å². The smallest absolute Gasteiger partial charge is 0.309 e. The first-order valence-corrected chi connectivity index (χ1v) is 16.7. The maximum atomic E-state index is 15.0. The number of ether oxygens (including phenoxy) is 3. The van der Waals surface area contributed by atoms with Crippen LogP contribution in [-0.2, 0) is 38.6 Å². The third-order valence-electron chi connectivity index (χ3n) is 8.19. The van der Waals surface area contributed by atoms with Crippen LogP contribution in [0.1, 0.15) is 60.4 Å². The van der Waals surface area contributed by atoms with Crippen LogP contribution in [0.2, 0.25) is 0 Å². The molecule has 1 fully saturated rings. The number of hydrogen-bond donors (Lipinski definition) is 0. The number of fused-ring (bicyclic) bond motifs is 3. The van der Waals surface area contributed by atoms with Crippen LogP contribution in [0.25, 0.3) is 11.1 Å². The normalized spacial score (nSPS) is 17.4. The molecule has 0 saturated heterocycles. The number of aryl methyl sites for hydroxylation is 3. The van der Waals surface area contributed by atoms with Crippen molar-refractivity contribution in [3.8, 4) is 22.6 Å². The molecular weight excluding hydrogens is 555 g/mol. The van der Waals surface area contributed by atoms with E-state index in [0.717, 1.165) is 57.7 Å². The molecule has 3 aromatic carbocycles. The van der Waals surface area contributed by atoms with Crippen LogP contribution in [0.15, 0.2) is 48.5 Å². The van der Waals surface area contributed by atoms with E-state index in [-0.39, 0.29) is 35.1 Å². The molecule has 0 unspecified atom stereocenters. The third-order valence-corrected chi connectivity index (χ3v) is 9.98. The second-order valence-electron chi connectivity index (χ2n) is 11.2. The molecule has 1 saturated carbocycles. The molecule has 42 heavy (non-hydrogen) atoms. The van der Waals surface area contributed by atoms with Gasteiger partial charge in [0.25, 0.3) is 0 Å². The lowest BCUT2D eigenvalue weighted by molar-refractivity contribution is -0.144. The van der Waals surface area contributed by atoms with Crippen molar-refractivity contribution < 1.29 is 31.8 Å². The molecule has 8 heteroatoms. The van der Waals surface area contributed by atoms with Gasteiger partial charge in [-0.05, 0) is 103 Å². The SMILES string of the molecule is CCOC(=O)[C@H]1C[C@@H]1c1ccc(CCc2ccc3c(c2)-c2c(C)cc(OCCCS(=O)(=O)CC)cc2CCO3)cc1F. The highest BCUT2D eigenvalue weighted by Gasteiger charge is 2.46. The van der Waals surface area contributed by atoms with Crippen LogP contribution in [0.4, 0.5) is 4.39 Å². The van der Waals surface area contributed by atoms with Gasteiger partial charge in [-0.3, -0.25) is 4.79 Å². The molecule has 0 spiro atoms. The summed E-state index contributed by atoms with van der Waals surface area (Å²) in [6.07, 6.45) is 3.28. The van der Waals surface area contributed by atoms with Crippen molar-refractivity contribution in [2.45, 2.75) is 58.8 Å². The molecule has 1 aliphatic heterocycles. The predicted octanol–water partition coefficient (Wildman–Crippen LogP) is 6.39. The highest BCUT2D eigenvalue weighted by molar-refractivity contribution is 7.91. The highest BCUT2D eigenvalue weighted by atomic mass is 32.2. The lowest BCUT2D eigenvalue weighted by Crippen LogP contribution is -2.12. The van der Waals surface area contributed by atoms with Gasteiger partial charge in [-0.1, -0.05) is 25.1 Å². The van der Waals surface area contributed by atoms with E-state index in [1.165, 1.54) is 0 Å². The number of halogens is 1. The molecular formula is C34H39FO6S. The molecule has 1 heterocycles. The fourth-order valence-electron chi connectivity index (χ4n) is 5.79. The van der Waals surface area contributed by atoms with Gasteiger partial charge in [-0.15, -0.1) is 0 Å². The van der Waals surface area contributed by atoms with Crippen molar-refractivity contribution in [3.05, 3.63) is 82.2 Å². The second kappa shape index (κ2) is 12.9. The minimum Gasteiger partial charge on any atom is -0.494 e.